The van der Waals surface area contributed by atoms with Crippen LogP contribution in [0.25, 0.3) is 0 Å². The van der Waals surface area contributed by atoms with Crippen LogP contribution < -0.4 is 10.1 Å². The molecule has 0 bridgehead atoms. The molecule has 2 aromatic rings. The van der Waals surface area contributed by atoms with Crippen LogP contribution in [0, 0.1) is 10.1 Å². The van der Waals surface area contributed by atoms with Crippen LogP contribution in [0.2, 0.25) is 10.0 Å². The van der Waals surface area contributed by atoms with Crippen molar-refractivity contribution in [3.63, 3.8) is 0 Å². The predicted molar refractivity (Wildman–Crippen MR) is 84.0 cm³/mol. The number of aromatic nitrogens is 1. The van der Waals surface area contributed by atoms with Crippen molar-refractivity contribution >= 4 is 50.6 Å². The molecule has 1 amide bonds. The van der Waals surface area contributed by atoms with Gasteiger partial charge in [-0.15, -0.1) is 0 Å². The lowest BCUT2D eigenvalue weighted by Gasteiger charge is -2.14. The Bertz CT molecular complexity index is 722. The van der Waals surface area contributed by atoms with Gasteiger partial charge >= 0.3 is 5.00 Å². The number of hydrogen-bond acceptors (Lipinski definition) is 6. The highest BCUT2D eigenvalue weighted by Gasteiger charge is 2.19. The lowest BCUT2D eigenvalue weighted by Crippen LogP contribution is -2.30. The first-order valence-electron chi connectivity index (χ1n) is 5.89. The number of nitro groups is 1. The maximum absolute atomic E-state index is 12.0. The van der Waals surface area contributed by atoms with Crippen molar-refractivity contribution in [1.29, 1.82) is 0 Å². The van der Waals surface area contributed by atoms with Crippen LogP contribution >= 0.6 is 34.5 Å². The fraction of sp³-hybridized carbons (Fsp3) is 0.167. The summed E-state index contributed by atoms with van der Waals surface area (Å²) in [4.78, 5) is 25.7. The number of anilines is 1. The first-order valence-corrected chi connectivity index (χ1v) is 7.47. The van der Waals surface area contributed by atoms with Gasteiger partial charge in [0.2, 0.25) is 0 Å². The van der Waals surface area contributed by atoms with E-state index in [4.69, 9.17) is 27.9 Å². The van der Waals surface area contributed by atoms with Gasteiger partial charge in [-0.05, 0) is 36.5 Å². The summed E-state index contributed by atoms with van der Waals surface area (Å²) in [6.45, 7) is 1.52. The fourth-order valence-electron chi connectivity index (χ4n) is 1.43. The summed E-state index contributed by atoms with van der Waals surface area (Å²) in [5.74, 6) is -0.200. The average Bonchev–Trinajstić information content (AvgIpc) is 2.90. The van der Waals surface area contributed by atoms with E-state index in [2.05, 4.69) is 10.3 Å². The molecule has 0 aliphatic carbocycles. The molecule has 0 fully saturated rings. The fourth-order valence-corrected chi connectivity index (χ4v) is 2.52. The van der Waals surface area contributed by atoms with E-state index in [1.165, 1.54) is 13.0 Å². The Morgan fingerprint density at radius 3 is 2.82 bits per heavy atom. The monoisotopic (exact) mass is 361 g/mol. The van der Waals surface area contributed by atoms with Gasteiger partial charge in [-0.2, -0.15) is 0 Å². The number of rotatable bonds is 5. The Labute approximate surface area is 139 Å². The zero-order valence-corrected chi connectivity index (χ0v) is 13.4. The lowest BCUT2D eigenvalue weighted by atomic mass is 10.3. The lowest BCUT2D eigenvalue weighted by molar-refractivity contribution is -0.380. The summed E-state index contributed by atoms with van der Waals surface area (Å²) >= 11 is 12.5. The SMILES string of the molecule is CC(Oc1ccc(Cl)cc1Cl)C(=O)Nc1ncc([N+](=O)[O-])s1. The molecular weight excluding hydrogens is 353 g/mol. The number of benzene rings is 1. The van der Waals surface area contributed by atoms with Gasteiger partial charge in [0.1, 0.15) is 11.9 Å². The molecule has 10 heteroatoms. The van der Waals surface area contributed by atoms with Gasteiger partial charge in [-0.1, -0.05) is 23.2 Å². The molecule has 0 spiro atoms. The van der Waals surface area contributed by atoms with Crippen LogP contribution in [0.5, 0.6) is 5.75 Å². The second-order valence-electron chi connectivity index (χ2n) is 4.08. The molecule has 0 saturated heterocycles. The number of thiazole rings is 1. The van der Waals surface area contributed by atoms with Gasteiger partial charge < -0.3 is 4.74 Å². The second-order valence-corrected chi connectivity index (χ2v) is 5.94. The average molecular weight is 362 g/mol. The van der Waals surface area contributed by atoms with E-state index in [1.807, 2.05) is 0 Å². The minimum atomic E-state index is -0.873. The van der Waals surface area contributed by atoms with E-state index in [1.54, 1.807) is 12.1 Å². The number of carbonyl (C=O) groups excluding carboxylic acids is 1. The zero-order chi connectivity index (χ0) is 16.3. The van der Waals surface area contributed by atoms with Crippen molar-refractivity contribution in [3.05, 3.63) is 44.6 Å². The van der Waals surface area contributed by atoms with Crippen molar-refractivity contribution in [3.8, 4) is 5.75 Å². The molecule has 7 nitrogen and oxygen atoms in total. The van der Waals surface area contributed by atoms with E-state index in [0.717, 1.165) is 17.5 Å². The predicted octanol–water partition coefficient (Wildman–Crippen LogP) is 3.76. The summed E-state index contributed by atoms with van der Waals surface area (Å²) in [6, 6.07) is 4.62. The number of hydrogen-bond donors (Lipinski definition) is 1. The molecule has 1 aromatic carbocycles. The molecule has 1 unspecified atom stereocenters. The Morgan fingerprint density at radius 1 is 1.50 bits per heavy atom. The van der Waals surface area contributed by atoms with Crippen LogP contribution in [0.3, 0.4) is 0 Å². The highest BCUT2D eigenvalue weighted by Crippen LogP contribution is 2.29. The zero-order valence-electron chi connectivity index (χ0n) is 11.1. The molecule has 1 atom stereocenters. The van der Waals surface area contributed by atoms with Crippen LogP contribution in [-0.2, 0) is 4.79 Å². The number of amides is 1. The Kier molecular flexibility index (Phi) is 5.17. The molecule has 1 aromatic heterocycles. The van der Waals surface area contributed by atoms with Crippen molar-refractivity contribution in [1.82, 2.24) is 4.98 Å². The van der Waals surface area contributed by atoms with Gasteiger partial charge in [0, 0.05) is 5.02 Å². The summed E-state index contributed by atoms with van der Waals surface area (Å²) in [5, 5.41) is 13.7. The Hall–Kier alpha value is -1.90. The molecule has 1 N–H and O–H groups in total. The van der Waals surface area contributed by atoms with E-state index >= 15 is 0 Å². The van der Waals surface area contributed by atoms with Crippen molar-refractivity contribution in [2.45, 2.75) is 13.0 Å². The summed E-state index contributed by atoms with van der Waals surface area (Å²) in [7, 11) is 0. The molecule has 0 saturated carbocycles. The minimum Gasteiger partial charge on any atom is -0.479 e. The van der Waals surface area contributed by atoms with Crippen molar-refractivity contribution in [2.24, 2.45) is 0 Å². The van der Waals surface area contributed by atoms with E-state index in [9.17, 15) is 14.9 Å². The normalized spacial score (nSPS) is 11.8. The highest BCUT2D eigenvalue weighted by atomic mass is 35.5. The molecule has 0 radical (unpaired) electrons. The maximum Gasteiger partial charge on any atom is 0.345 e. The molecule has 116 valence electrons. The van der Waals surface area contributed by atoms with E-state index in [-0.39, 0.29) is 15.2 Å². The minimum absolute atomic E-state index is 0.120. The van der Waals surface area contributed by atoms with E-state index < -0.39 is 16.9 Å². The number of ether oxygens (including phenoxy) is 1. The molecule has 2 rings (SSSR count). The molecule has 0 aliphatic heterocycles. The van der Waals surface area contributed by atoms with Gasteiger partial charge in [0.25, 0.3) is 5.91 Å². The number of nitrogens with zero attached hydrogens (tertiary/aromatic N) is 2. The highest BCUT2D eigenvalue weighted by molar-refractivity contribution is 7.18. The topological polar surface area (TPSA) is 94.4 Å². The summed E-state index contributed by atoms with van der Waals surface area (Å²) < 4.78 is 5.43. The third-order valence-electron chi connectivity index (χ3n) is 2.47. The molecule has 1 heterocycles. The molecule has 22 heavy (non-hydrogen) atoms. The Morgan fingerprint density at radius 2 is 2.23 bits per heavy atom. The van der Waals surface area contributed by atoms with Gasteiger partial charge in [0.15, 0.2) is 11.2 Å². The third-order valence-corrected chi connectivity index (χ3v) is 3.87. The third kappa shape index (κ3) is 4.06. The summed E-state index contributed by atoms with van der Waals surface area (Å²) in [6.07, 6.45) is 0.198. The molecular formula is C12H9Cl2N3O4S. The van der Waals surface area contributed by atoms with E-state index in [0.29, 0.717) is 10.8 Å². The van der Waals surface area contributed by atoms with Crippen LogP contribution in [0.15, 0.2) is 24.4 Å². The standard InChI is InChI=1S/C12H9Cl2N3O4S/c1-6(21-9-3-2-7(13)4-8(9)14)11(18)16-12-15-5-10(22-12)17(19)20/h2-6H,1H3,(H,15,16,18). The van der Waals surface area contributed by atoms with Crippen LogP contribution in [0.4, 0.5) is 10.1 Å². The number of nitrogens with one attached hydrogen (secondary N) is 1. The number of halogens is 2. The smallest absolute Gasteiger partial charge is 0.345 e. The van der Waals surface area contributed by atoms with Gasteiger partial charge in [0.05, 0.1) is 9.95 Å². The first kappa shape index (κ1) is 16.5. The quantitative estimate of drug-likeness (QED) is 0.646. The first-order chi connectivity index (χ1) is 10.4. The van der Waals surface area contributed by atoms with Crippen molar-refractivity contribution < 1.29 is 14.5 Å². The van der Waals surface area contributed by atoms with Crippen molar-refractivity contribution in [2.75, 3.05) is 5.32 Å². The second kappa shape index (κ2) is 6.91. The van der Waals surface area contributed by atoms with Gasteiger partial charge in [-0.3, -0.25) is 20.2 Å². The van der Waals surface area contributed by atoms with Crippen LogP contribution in [0.1, 0.15) is 6.92 Å². The number of carbonyl (C=O) groups is 1. The Balaban J connectivity index is 2.00. The van der Waals surface area contributed by atoms with Gasteiger partial charge in [-0.25, -0.2) is 4.98 Å². The summed E-state index contributed by atoms with van der Waals surface area (Å²) in [5.41, 5.74) is 0. The molecule has 0 aliphatic rings. The maximum atomic E-state index is 12.0. The largest absolute Gasteiger partial charge is 0.479 e. The van der Waals surface area contributed by atoms with Crippen LogP contribution in [-0.4, -0.2) is 21.9 Å².